The van der Waals surface area contributed by atoms with Crippen molar-refractivity contribution in [1.29, 1.82) is 0 Å². The Morgan fingerprint density at radius 3 is 2.58 bits per heavy atom. The maximum absolute atomic E-state index is 14.1. The molecule has 0 amide bonds. The molecule has 6 heteroatoms. The summed E-state index contributed by atoms with van der Waals surface area (Å²) < 4.78 is 14.9. The molecule has 100 valence electrons. The van der Waals surface area contributed by atoms with Crippen LogP contribution in [0.5, 0.6) is 0 Å². The first-order valence-electron chi connectivity index (χ1n) is 5.46. The fraction of sp³-hybridized carbons (Fsp3) is 0.0769. The van der Waals surface area contributed by atoms with Gasteiger partial charge in [-0.15, -0.1) is 0 Å². The van der Waals surface area contributed by atoms with Gasteiger partial charge in [-0.3, -0.25) is 0 Å². The summed E-state index contributed by atoms with van der Waals surface area (Å²) >= 11 is 9.17. The van der Waals surface area contributed by atoms with Gasteiger partial charge in [-0.1, -0.05) is 17.7 Å². The van der Waals surface area contributed by atoms with Crippen molar-refractivity contribution < 1.29 is 4.39 Å². The van der Waals surface area contributed by atoms with E-state index in [2.05, 4.69) is 21.2 Å². The van der Waals surface area contributed by atoms with Crippen LogP contribution in [0.15, 0.2) is 28.7 Å². The lowest BCUT2D eigenvalue weighted by Gasteiger charge is -2.14. The van der Waals surface area contributed by atoms with Crippen molar-refractivity contribution >= 4 is 50.3 Å². The average Bonchev–Trinajstić information content (AvgIpc) is 2.36. The molecule has 0 fully saturated rings. The minimum atomic E-state index is -0.660. The number of nitrogen functional groups attached to an aromatic ring is 2. The van der Waals surface area contributed by atoms with Crippen LogP contribution in [-0.4, -0.2) is 0 Å². The highest BCUT2D eigenvalue weighted by atomic mass is 79.9. The second-order valence-electron chi connectivity index (χ2n) is 4.17. The van der Waals surface area contributed by atoms with Crippen molar-refractivity contribution in [2.75, 3.05) is 16.8 Å². The molecule has 0 unspecified atom stereocenters. The van der Waals surface area contributed by atoms with E-state index in [1.807, 2.05) is 25.1 Å². The van der Waals surface area contributed by atoms with E-state index in [-0.39, 0.29) is 22.1 Å². The Bertz CT molecular complexity index is 646. The van der Waals surface area contributed by atoms with E-state index in [4.69, 9.17) is 23.1 Å². The molecule has 2 rings (SSSR count). The van der Waals surface area contributed by atoms with Gasteiger partial charge in [-0.25, -0.2) is 4.39 Å². The zero-order valence-corrected chi connectivity index (χ0v) is 12.4. The van der Waals surface area contributed by atoms with Crippen molar-refractivity contribution in [2.24, 2.45) is 0 Å². The van der Waals surface area contributed by atoms with E-state index in [0.717, 1.165) is 10.0 Å². The number of aryl methyl sites for hydroxylation is 1. The molecule has 3 nitrogen and oxygen atoms in total. The molecule has 0 bridgehead atoms. The lowest BCUT2D eigenvalue weighted by Crippen LogP contribution is -2.03. The molecule has 5 N–H and O–H groups in total. The molecule has 0 aliphatic heterocycles. The molecule has 19 heavy (non-hydrogen) atoms. The Kier molecular flexibility index (Phi) is 3.87. The molecular formula is C13H12BrClFN3. The molecule has 0 atom stereocenters. The molecule has 2 aromatic rings. The standard InChI is InChI=1S/C13H12BrClFN3/c1-6-2-3-7(14)10(4-6)19-13-9(18)5-8(17)11(15)12(13)16/h2-5,19H,17-18H2,1H3. The topological polar surface area (TPSA) is 64.1 Å². The predicted octanol–water partition coefficient (Wildman–Crippen LogP) is 4.46. The minimum Gasteiger partial charge on any atom is -0.397 e. The third-order valence-electron chi connectivity index (χ3n) is 2.65. The highest BCUT2D eigenvalue weighted by Gasteiger charge is 2.15. The number of rotatable bonds is 2. The lowest BCUT2D eigenvalue weighted by atomic mass is 10.2. The summed E-state index contributed by atoms with van der Waals surface area (Å²) in [5.41, 5.74) is 13.5. The van der Waals surface area contributed by atoms with E-state index in [1.54, 1.807) is 0 Å². The van der Waals surface area contributed by atoms with Gasteiger partial charge < -0.3 is 16.8 Å². The summed E-state index contributed by atoms with van der Waals surface area (Å²) in [5, 5.41) is 2.79. The summed E-state index contributed by atoms with van der Waals surface area (Å²) in [6, 6.07) is 7.10. The Hall–Kier alpha value is -1.46. The van der Waals surface area contributed by atoms with Crippen LogP contribution in [0.25, 0.3) is 0 Å². The van der Waals surface area contributed by atoms with E-state index in [9.17, 15) is 4.39 Å². The van der Waals surface area contributed by atoms with E-state index >= 15 is 0 Å². The van der Waals surface area contributed by atoms with Gasteiger partial charge in [0.25, 0.3) is 0 Å². The fourth-order valence-electron chi connectivity index (χ4n) is 1.66. The van der Waals surface area contributed by atoms with Crippen LogP contribution in [0, 0.1) is 12.7 Å². The highest BCUT2D eigenvalue weighted by molar-refractivity contribution is 9.10. The van der Waals surface area contributed by atoms with Gasteiger partial charge in [0.05, 0.1) is 22.7 Å². The van der Waals surface area contributed by atoms with Gasteiger partial charge >= 0.3 is 0 Å². The molecule has 0 aromatic heterocycles. The fourth-order valence-corrected chi connectivity index (χ4v) is 2.16. The first-order chi connectivity index (χ1) is 8.90. The summed E-state index contributed by atoms with van der Waals surface area (Å²) in [4.78, 5) is 0. The minimum absolute atomic E-state index is 0.116. The summed E-state index contributed by atoms with van der Waals surface area (Å²) in [5.74, 6) is -0.660. The Morgan fingerprint density at radius 2 is 1.89 bits per heavy atom. The van der Waals surface area contributed by atoms with Crippen LogP contribution in [0.2, 0.25) is 5.02 Å². The van der Waals surface area contributed by atoms with Gasteiger partial charge in [0.1, 0.15) is 5.02 Å². The number of nitrogens with one attached hydrogen (secondary N) is 1. The molecule has 0 saturated heterocycles. The number of hydrogen-bond donors (Lipinski definition) is 3. The molecule has 0 aliphatic carbocycles. The first kappa shape index (κ1) is 14.0. The van der Waals surface area contributed by atoms with Crippen LogP contribution in [0.3, 0.4) is 0 Å². The molecule has 0 spiro atoms. The maximum Gasteiger partial charge on any atom is 0.169 e. The molecule has 0 heterocycles. The van der Waals surface area contributed by atoms with Crippen LogP contribution in [0.1, 0.15) is 5.56 Å². The van der Waals surface area contributed by atoms with Crippen molar-refractivity contribution in [3.63, 3.8) is 0 Å². The largest absolute Gasteiger partial charge is 0.397 e. The number of benzene rings is 2. The van der Waals surface area contributed by atoms with Gasteiger partial charge in [-0.2, -0.15) is 0 Å². The van der Waals surface area contributed by atoms with E-state index in [0.29, 0.717) is 5.69 Å². The maximum atomic E-state index is 14.1. The average molecular weight is 345 g/mol. The van der Waals surface area contributed by atoms with Crippen molar-refractivity contribution in [2.45, 2.75) is 6.92 Å². The lowest BCUT2D eigenvalue weighted by molar-refractivity contribution is 0.633. The van der Waals surface area contributed by atoms with Crippen LogP contribution >= 0.6 is 27.5 Å². The smallest absolute Gasteiger partial charge is 0.169 e. The molecular weight excluding hydrogens is 333 g/mol. The van der Waals surface area contributed by atoms with Crippen molar-refractivity contribution in [3.05, 3.63) is 45.1 Å². The van der Waals surface area contributed by atoms with Gasteiger partial charge in [0, 0.05) is 4.47 Å². The summed E-state index contributed by atoms with van der Waals surface area (Å²) in [6.45, 7) is 1.94. The SMILES string of the molecule is Cc1ccc(Br)c(Nc2c(N)cc(N)c(Cl)c2F)c1. The Balaban J connectivity index is 2.49. The summed E-state index contributed by atoms with van der Waals surface area (Å²) in [6.07, 6.45) is 0. The van der Waals surface area contributed by atoms with E-state index < -0.39 is 5.82 Å². The van der Waals surface area contributed by atoms with Crippen LogP contribution in [0.4, 0.5) is 27.1 Å². The zero-order valence-electron chi connectivity index (χ0n) is 10.1. The molecule has 0 aliphatic rings. The first-order valence-corrected chi connectivity index (χ1v) is 6.63. The second-order valence-corrected chi connectivity index (χ2v) is 5.40. The van der Waals surface area contributed by atoms with E-state index in [1.165, 1.54) is 6.07 Å². The van der Waals surface area contributed by atoms with Gasteiger partial charge in [-0.05, 0) is 46.6 Å². The quantitative estimate of drug-likeness (QED) is 0.705. The summed E-state index contributed by atoms with van der Waals surface area (Å²) in [7, 11) is 0. The number of anilines is 4. The van der Waals surface area contributed by atoms with Gasteiger partial charge in [0.2, 0.25) is 0 Å². The Morgan fingerprint density at radius 1 is 1.21 bits per heavy atom. The zero-order chi connectivity index (χ0) is 14.2. The number of halogens is 3. The molecule has 0 radical (unpaired) electrons. The molecule has 0 saturated carbocycles. The molecule has 2 aromatic carbocycles. The van der Waals surface area contributed by atoms with Crippen molar-refractivity contribution in [3.8, 4) is 0 Å². The normalized spacial score (nSPS) is 10.5. The van der Waals surface area contributed by atoms with Crippen LogP contribution < -0.4 is 16.8 Å². The number of hydrogen-bond acceptors (Lipinski definition) is 3. The number of nitrogens with two attached hydrogens (primary N) is 2. The highest BCUT2D eigenvalue weighted by Crippen LogP contribution is 2.37. The second kappa shape index (κ2) is 5.27. The predicted molar refractivity (Wildman–Crippen MR) is 82.4 cm³/mol. The third kappa shape index (κ3) is 2.77. The Labute approximate surface area is 123 Å². The third-order valence-corrected chi connectivity index (χ3v) is 3.72. The monoisotopic (exact) mass is 343 g/mol. The van der Waals surface area contributed by atoms with Crippen molar-refractivity contribution in [1.82, 2.24) is 0 Å². The van der Waals surface area contributed by atoms with Gasteiger partial charge in [0.15, 0.2) is 5.82 Å². The van der Waals surface area contributed by atoms with Crippen LogP contribution in [-0.2, 0) is 0 Å².